The summed E-state index contributed by atoms with van der Waals surface area (Å²) in [5.41, 5.74) is 5.79. The van der Waals surface area contributed by atoms with Crippen molar-refractivity contribution in [2.24, 2.45) is 5.73 Å². The molecule has 0 aromatic heterocycles. The van der Waals surface area contributed by atoms with Crippen LogP contribution in [0.15, 0.2) is 0 Å². The molecule has 0 aromatic rings. The number of hydrogen-bond acceptors (Lipinski definition) is 4. The number of nitrogens with zero attached hydrogens (tertiary/aromatic N) is 2. The Hall–Kier alpha value is -0.160. The van der Waals surface area contributed by atoms with Crippen LogP contribution in [0.1, 0.15) is 12.8 Å². The van der Waals surface area contributed by atoms with E-state index in [-0.39, 0.29) is 0 Å². The molecule has 2 N–H and O–H groups in total. The van der Waals surface area contributed by atoms with E-state index in [1.165, 1.54) is 19.5 Å². The van der Waals surface area contributed by atoms with Gasteiger partial charge in [0.05, 0.1) is 0 Å². The Morgan fingerprint density at radius 1 is 1.33 bits per heavy atom. The number of unbranched alkanes of at least 4 members (excludes halogenated alkanes) is 1. The van der Waals surface area contributed by atoms with Gasteiger partial charge in [0.1, 0.15) is 0 Å². The molecule has 1 unspecified atom stereocenters. The van der Waals surface area contributed by atoms with E-state index in [0.717, 1.165) is 32.7 Å². The molecule has 1 aliphatic heterocycles. The normalized spacial score (nSPS) is 24.6. The summed E-state index contributed by atoms with van der Waals surface area (Å²) in [5, 5.41) is 0. The lowest BCUT2D eigenvalue weighted by Crippen LogP contribution is -2.54. The lowest BCUT2D eigenvalue weighted by atomic mass is 10.1. The molecule has 0 aliphatic carbocycles. The fourth-order valence-electron chi connectivity index (χ4n) is 2.13. The van der Waals surface area contributed by atoms with Crippen molar-refractivity contribution >= 4 is 0 Å². The van der Waals surface area contributed by atoms with Crippen molar-refractivity contribution in [3.8, 4) is 0 Å². The van der Waals surface area contributed by atoms with Crippen LogP contribution in [-0.4, -0.2) is 69.3 Å². The van der Waals surface area contributed by atoms with Crippen LogP contribution < -0.4 is 5.73 Å². The van der Waals surface area contributed by atoms with Crippen molar-refractivity contribution in [3.05, 3.63) is 0 Å². The monoisotopic (exact) mass is 215 g/mol. The number of hydrogen-bond donors (Lipinski definition) is 1. The van der Waals surface area contributed by atoms with E-state index in [4.69, 9.17) is 10.5 Å². The van der Waals surface area contributed by atoms with E-state index in [2.05, 4.69) is 16.8 Å². The first kappa shape index (κ1) is 12.9. The molecule has 0 saturated carbocycles. The minimum absolute atomic E-state index is 0.547. The summed E-state index contributed by atoms with van der Waals surface area (Å²) in [7, 11) is 3.93. The zero-order valence-electron chi connectivity index (χ0n) is 10.1. The van der Waals surface area contributed by atoms with Crippen molar-refractivity contribution in [2.45, 2.75) is 18.9 Å². The average molecular weight is 215 g/mol. The Kier molecular flexibility index (Phi) is 6.17. The molecule has 90 valence electrons. The van der Waals surface area contributed by atoms with Gasteiger partial charge in [-0.2, -0.15) is 0 Å². The molecule has 0 radical (unpaired) electrons. The minimum Gasteiger partial charge on any atom is -0.385 e. The molecule has 1 aliphatic rings. The van der Waals surface area contributed by atoms with Crippen molar-refractivity contribution in [1.82, 2.24) is 9.80 Å². The summed E-state index contributed by atoms with van der Waals surface area (Å²) >= 11 is 0. The van der Waals surface area contributed by atoms with Gasteiger partial charge in [-0.25, -0.2) is 0 Å². The molecule has 0 spiro atoms. The number of rotatable bonds is 6. The second kappa shape index (κ2) is 7.17. The Balaban J connectivity index is 2.20. The molecule has 1 heterocycles. The topological polar surface area (TPSA) is 41.7 Å². The SMILES string of the molecule is COCCCCN1CCN(C)CC1CN. The van der Waals surface area contributed by atoms with Gasteiger partial charge >= 0.3 is 0 Å². The van der Waals surface area contributed by atoms with Gasteiger partial charge in [-0.15, -0.1) is 0 Å². The van der Waals surface area contributed by atoms with Gasteiger partial charge in [-0.1, -0.05) is 0 Å². The molecule has 1 saturated heterocycles. The standard InChI is InChI=1S/C11H25N3O/c1-13-6-7-14(11(9-12)10-13)5-3-4-8-15-2/h11H,3-10,12H2,1-2H3. The summed E-state index contributed by atoms with van der Waals surface area (Å²) in [6, 6.07) is 0.547. The molecule has 0 aromatic carbocycles. The van der Waals surface area contributed by atoms with Crippen LogP contribution in [0, 0.1) is 0 Å². The van der Waals surface area contributed by atoms with Gasteiger partial charge in [0.2, 0.25) is 0 Å². The van der Waals surface area contributed by atoms with Crippen molar-refractivity contribution in [1.29, 1.82) is 0 Å². The first-order valence-corrected chi connectivity index (χ1v) is 5.89. The van der Waals surface area contributed by atoms with Gasteiger partial charge in [0.15, 0.2) is 0 Å². The predicted molar refractivity (Wildman–Crippen MR) is 63.0 cm³/mol. The molecule has 0 amide bonds. The quantitative estimate of drug-likeness (QED) is 0.633. The minimum atomic E-state index is 0.547. The number of ether oxygens (including phenoxy) is 1. The molecule has 1 fully saturated rings. The highest BCUT2D eigenvalue weighted by Gasteiger charge is 2.22. The summed E-state index contributed by atoms with van der Waals surface area (Å²) in [5.74, 6) is 0. The molecule has 15 heavy (non-hydrogen) atoms. The van der Waals surface area contributed by atoms with Crippen LogP contribution >= 0.6 is 0 Å². The largest absolute Gasteiger partial charge is 0.385 e. The molecule has 1 rings (SSSR count). The summed E-state index contributed by atoms with van der Waals surface area (Å²) in [4.78, 5) is 4.89. The van der Waals surface area contributed by atoms with Gasteiger partial charge in [-0.3, -0.25) is 4.90 Å². The first-order chi connectivity index (χ1) is 7.27. The number of methoxy groups -OCH3 is 1. The number of piperazine rings is 1. The third-order valence-electron chi connectivity index (χ3n) is 3.12. The predicted octanol–water partition coefficient (Wildman–Crippen LogP) is -0.0123. The van der Waals surface area contributed by atoms with Crippen LogP contribution in [0.4, 0.5) is 0 Å². The lowest BCUT2D eigenvalue weighted by Gasteiger charge is -2.39. The van der Waals surface area contributed by atoms with Crippen molar-refractivity contribution in [3.63, 3.8) is 0 Å². The van der Waals surface area contributed by atoms with Crippen LogP contribution in [-0.2, 0) is 4.74 Å². The van der Waals surface area contributed by atoms with Crippen LogP contribution in [0.25, 0.3) is 0 Å². The van der Waals surface area contributed by atoms with Gasteiger partial charge in [0, 0.05) is 45.9 Å². The van der Waals surface area contributed by atoms with E-state index in [1.54, 1.807) is 7.11 Å². The maximum absolute atomic E-state index is 5.79. The summed E-state index contributed by atoms with van der Waals surface area (Å²) < 4.78 is 5.05. The van der Waals surface area contributed by atoms with E-state index in [1.807, 2.05) is 0 Å². The fourth-order valence-corrected chi connectivity index (χ4v) is 2.13. The van der Waals surface area contributed by atoms with Gasteiger partial charge in [0.25, 0.3) is 0 Å². The van der Waals surface area contributed by atoms with Crippen LogP contribution in [0.5, 0.6) is 0 Å². The van der Waals surface area contributed by atoms with Gasteiger partial charge in [-0.05, 0) is 26.4 Å². The summed E-state index contributed by atoms with van der Waals surface area (Å²) in [6.07, 6.45) is 2.37. The van der Waals surface area contributed by atoms with E-state index < -0.39 is 0 Å². The Bertz CT molecular complexity index is 166. The van der Waals surface area contributed by atoms with Crippen LogP contribution in [0.3, 0.4) is 0 Å². The Morgan fingerprint density at radius 3 is 2.80 bits per heavy atom. The number of likely N-dealkylation sites (N-methyl/N-ethyl adjacent to an activating group) is 1. The molecular formula is C11H25N3O. The van der Waals surface area contributed by atoms with E-state index in [9.17, 15) is 0 Å². The van der Waals surface area contributed by atoms with E-state index in [0.29, 0.717) is 6.04 Å². The third-order valence-corrected chi connectivity index (χ3v) is 3.12. The molecule has 0 bridgehead atoms. The van der Waals surface area contributed by atoms with E-state index >= 15 is 0 Å². The highest BCUT2D eigenvalue weighted by atomic mass is 16.5. The zero-order valence-corrected chi connectivity index (χ0v) is 10.1. The number of nitrogens with two attached hydrogens (primary N) is 1. The molecular weight excluding hydrogens is 190 g/mol. The average Bonchev–Trinajstić information content (AvgIpc) is 2.26. The molecule has 4 nitrogen and oxygen atoms in total. The first-order valence-electron chi connectivity index (χ1n) is 5.89. The summed E-state index contributed by atoms with van der Waals surface area (Å²) in [6.45, 7) is 6.25. The highest BCUT2D eigenvalue weighted by Crippen LogP contribution is 2.08. The van der Waals surface area contributed by atoms with Crippen LogP contribution in [0.2, 0.25) is 0 Å². The Morgan fingerprint density at radius 2 is 2.13 bits per heavy atom. The highest BCUT2D eigenvalue weighted by molar-refractivity contribution is 4.81. The zero-order chi connectivity index (χ0) is 11.1. The molecule has 1 atom stereocenters. The maximum atomic E-state index is 5.79. The lowest BCUT2D eigenvalue weighted by molar-refractivity contribution is 0.0897. The molecule has 4 heteroatoms. The van der Waals surface area contributed by atoms with Crippen molar-refractivity contribution < 1.29 is 4.74 Å². The second-order valence-electron chi connectivity index (χ2n) is 4.39. The smallest absolute Gasteiger partial charge is 0.0462 e. The van der Waals surface area contributed by atoms with Crippen molar-refractivity contribution in [2.75, 3.05) is 53.5 Å². The Labute approximate surface area is 93.4 Å². The third kappa shape index (κ3) is 4.47. The van der Waals surface area contributed by atoms with Gasteiger partial charge < -0.3 is 15.4 Å². The maximum Gasteiger partial charge on any atom is 0.0462 e. The fraction of sp³-hybridized carbons (Fsp3) is 1.00. The second-order valence-corrected chi connectivity index (χ2v) is 4.39.